The smallest absolute Gasteiger partial charge is 0.309 e. The quantitative estimate of drug-likeness (QED) is 0.869. The van der Waals surface area contributed by atoms with Gasteiger partial charge in [0.25, 0.3) is 6.43 Å². The second-order valence-corrected chi connectivity index (χ2v) is 3.83. The number of nitrogens with zero attached hydrogens (tertiary/aromatic N) is 1. The van der Waals surface area contributed by atoms with Crippen LogP contribution in [-0.4, -0.2) is 16.1 Å². The van der Waals surface area contributed by atoms with Crippen LogP contribution < -0.4 is 0 Å². The fourth-order valence-corrected chi connectivity index (χ4v) is 1.83. The van der Waals surface area contributed by atoms with E-state index in [0.29, 0.717) is 16.6 Å². The summed E-state index contributed by atoms with van der Waals surface area (Å²) in [6.07, 6.45) is -2.85. The maximum Gasteiger partial charge on any atom is 0.309 e. The Labute approximate surface area is 99.6 Å². The summed E-state index contributed by atoms with van der Waals surface area (Å²) in [5.74, 6) is -1.03. The van der Waals surface area contributed by atoms with E-state index in [0.717, 1.165) is 0 Å². The molecule has 1 heterocycles. The summed E-state index contributed by atoms with van der Waals surface area (Å²) in [5.41, 5.74) is 0.842. The lowest BCUT2D eigenvalue weighted by molar-refractivity contribution is -0.136. The molecule has 0 saturated heterocycles. The number of carbonyl (C=O) groups is 1. The van der Waals surface area contributed by atoms with Crippen LogP contribution in [0.4, 0.5) is 8.78 Å². The van der Waals surface area contributed by atoms with Crippen LogP contribution in [0, 0.1) is 6.92 Å². The summed E-state index contributed by atoms with van der Waals surface area (Å²) in [4.78, 5) is 14.5. The lowest BCUT2D eigenvalue weighted by Gasteiger charge is -2.10. The fraction of sp³-hybridized carbons (Fsp3) is 0.400. The first kappa shape index (κ1) is 13.0. The molecule has 0 aliphatic heterocycles. The molecule has 0 spiro atoms. The molecule has 3 nitrogen and oxygen atoms in total. The van der Waals surface area contributed by atoms with Crippen molar-refractivity contribution >= 4 is 21.9 Å². The molecule has 1 rings (SSSR count). The van der Waals surface area contributed by atoms with E-state index in [1.807, 2.05) is 0 Å². The van der Waals surface area contributed by atoms with Gasteiger partial charge in [-0.05, 0) is 18.6 Å². The second-order valence-electron chi connectivity index (χ2n) is 3.27. The van der Waals surface area contributed by atoms with Gasteiger partial charge in [0.1, 0.15) is 0 Å². The first-order chi connectivity index (χ1) is 7.45. The molecular formula is C10H10BrF2NO2. The van der Waals surface area contributed by atoms with Crippen molar-refractivity contribution in [1.29, 1.82) is 0 Å². The molecule has 1 aromatic heterocycles. The van der Waals surface area contributed by atoms with Crippen LogP contribution in [0.2, 0.25) is 0 Å². The Morgan fingerprint density at radius 3 is 2.69 bits per heavy atom. The highest BCUT2D eigenvalue weighted by atomic mass is 79.9. The summed E-state index contributed by atoms with van der Waals surface area (Å²) in [7, 11) is 0. The van der Waals surface area contributed by atoms with E-state index < -0.39 is 12.4 Å². The first-order valence-corrected chi connectivity index (χ1v) is 5.63. The van der Waals surface area contributed by atoms with Gasteiger partial charge in [-0.3, -0.25) is 9.78 Å². The van der Waals surface area contributed by atoms with Gasteiger partial charge in [0.15, 0.2) is 0 Å². The molecule has 0 fully saturated rings. The Hall–Kier alpha value is -1.04. The number of carboxylic acids is 1. The summed E-state index contributed by atoms with van der Waals surface area (Å²) in [5, 5.41) is 8.96. The fourth-order valence-electron chi connectivity index (χ4n) is 1.35. The van der Waals surface area contributed by atoms with E-state index in [4.69, 9.17) is 5.11 Å². The Balaban J connectivity index is 3.20. The molecule has 0 radical (unpaired) electrons. The topological polar surface area (TPSA) is 50.2 Å². The van der Waals surface area contributed by atoms with Crippen LogP contribution in [0.15, 0.2) is 6.07 Å². The van der Waals surface area contributed by atoms with Crippen molar-refractivity contribution in [3.05, 3.63) is 28.6 Å². The molecule has 0 bridgehead atoms. The Kier molecular flexibility index (Phi) is 4.35. The Morgan fingerprint density at radius 1 is 1.62 bits per heavy atom. The minimum atomic E-state index is -2.59. The number of rotatable bonds is 4. The number of aryl methyl sites for hydroxylation is 1. The molecule has 0 unspecified atom stereocenters. The molecule has 0 aromatic carbocycles. The zero-order chi connectivity index (χ0) is 12.3. The summed E-state index contributed by atoms with van der Waals surface area (Å²) in [6.45, 7) is 1.45. The monoisotopic (exact) mass is 293 g/mol. The lowest BCUT2D eigenvalue weighted by atomic mass is 10.1. The third-order valence-corrected chi connectivity index (χ3v) is 2.72. The van der Waals surface area contributed by atoms with E-state index in [2.05, 4.69) is 20.9 Å². The molecule has 0 atom stereocenters. The van der Waals surface area contributed by atoms with Crippen LogP contribution >= 0.6 is 15.9 Å². The standard InChI is InChI=1S/C10H10BrF2NO2/c1-5-7(10(12)13)2-6(4-11)8(14-5)3-9(15)16/h2,10H,3-4H2,1H3,(H,15,16). The van der Waals surface area contributed by atoms with Crippen molar-refractivity contribution in [3.8, 4) is 0 Å². The van der Waals surface area contributed by atoms with E-state index in [1.54, 1.807) is 0 Å². The molecule has 6 heteroatoms. The SMILES string of the molecule is Cc1nc(CC(=O)O)c(CBr)cc1C(F)F. The zero-order valence-electron chi connectivity index (χ0n) is 8.51. The number of pyridine rings is 1. The summed E-state index contributed by atoms with van der Waals surface area (Å²) < 4.78 is 25.1. The molecule has 16 heavy (non-hydrogen) atoms. The summed E-state index contributed by atoms with van der Waals surface area (Å²) >= 11 is 3.13. The highest BCUT2D eigenvalue weighted by Gasteiger charge is 2.16. The van der Waals surface area contributed by atoms with Crippen LogP contribution in [0.5, 0.6) is 0 Å². The minimum absolute atomic E-state index is 0.149. The molecule has 1 N–H and O–H groups in total. The third kappa shape index (κ3) is 2.98. The minimum Gasteiger partial charge on any atom is -0.481 e. The van der Waals surface area contributed by atoms with Gasteiger partial charge < -0.3 is 5.11 Å². The number of aliphatic carboxylic acids is 1. The Bertz CT molecular complexity index is 410. The van der Waals surface area contributed by atoms with Gasteiger partial charge in [-0.15, -0.1) is 0 Å². The average Bonchev–Trinajstić information content (AvgIpc) is 2.16. The largest absolute Gasteiger partial charge is 0.481 e. The van der Waals surface area contributed by atoms with Gasteiger partial charge in [-0.2, -0.15) is 0 Å². The van der Waals surface area contributed by atoms with Gasteiger partial charge in [0, 0.05) is 16.6 Å². The average molecular weight is 294 g/mol. The second kappa shape index (κ2) is 5.34. The maximum absolute atomic E-state index is 12.6. The van der Waals surface area contributed by atoms with E-state index in [9.17, 15) is 13.6 Å². The van der Waals surface area contributed by atoms with Crippen molar-refractivity contribution in [3.63, 3.8) is 0 Å². The molecule has 0 aliphatic rings. The summed E-state index contributed by atoms with van der Waals surface area (Å²) in [6, 6.07) is 1.31. The number of carboxylic acid groups (broad SMARTS) is 1. The highest BCUT2D eigenvalue weighted by Crippen LogP contribution is 2.25. The predicted molar refractivity (Wildman–Crippen MR) is 57.9 cm³/mol. The van der Waals surface area contributed by atoms with Gasteiger partial charge in [-0.25, -0.2) is 8.78 Å². The van der Waals surface area contributed by atoms with Gasteiger partial charge in [0.05, 0.1) is 12.1 Å². The van der Waals surface area contributed by atoms with Gasteiger partial charge >= 0.3 is 5.97 Å². The van der Waals surface area contributed by atoms with Crippen LogP contribution in [0.1, 0.15) is 28.9 Å². The van der Waals surface area contributed by atoms with Crippen LogP contribution in [0.3, 0.4) is 0 Å². The number of halogens is 3. The molecule has 0 amide bonds. The van der Waals surface area contributed by atoms with Crippen LogP contribution in [0.25, 0.3) is 0 Å². The van der Waals surface area contributed by atoms with Gasteiger partial charge in [0.2, 0.25) is 0 Å². The highest BCUT2D eigenvalue weighted by molar-refractivity contribution is 9.08. The zero-order valence-corrected chi connectivity index (χ0v) is 10.1. The van der Waals surface area contributed by atoms with Gasteiger partial charge in [-0.1, -0.05) is 15.9 Å². The van der Waals surface area contributed by atoms with Crippen molar-refractivity contribution in [2.45, 2.75) is 25.1 Å². The van der Waals surface area contributed by atoms with Crippen molar-refractivity contribution in [2.24, 2.45) is 0 Å². The van der Waals surface area contributed by atoms with E-state index in [1.165, 1.54) is 13.0 Å². The molecule has 88 valence electrons. The van der Waals surface area contributed by atoms with Crippen molar-refractivity contribution in [2.75, 3.05) is 0 Å². The molecule has 1 aromatic rings. The lowest BCUT2D eigenvalue weighted by Crippen LogP contribution is -2.08. The molecule has 0 aliphatic carbocycles. The molecular weight excluding hydrogens is 284 g/mol. The van der Waals surface area contributed by atoms with Crippen molar-refractivity contribution < 1.29 is 18.7 Å². The predicted octanol–water partition coefficient (Wildman–Crippen LogP) is 2.85. The van der Waals surface area contributed by atoms with Crippen LogP contribution in [-0.2, 0) is 16.5 Å². The number of aromatic nitrogens is 1. The number of alkyl halides is 3. The number of hydrogen-bond acceptors (Lipinski definition) is 2. The Morgan fingerprint density at radius 2 is 2.25 bits per heavy atom. The van der Waals surface area contributed by atoms with E-state index in [-0.39, 0.29) is 17.7 Å². The number of hydrogen-bond donors (Lipinski definition) is 1. The van der Waals surface area contributed by atoms with E-state index >= 15 is 0 Å². The first-order valence-electron chi connectivity index (χ1n) is 4.51. The normalized spacial score (nSPS) is 10.8. The molecule has 0 saturated carbocycles. The van der Waals surface area contributed by atoms with Crippen molar-refractivity contribution in [1.82, 2.24) is 4.98 Å². The maximum atomic E-state index is 12.6. The third-order valence-electron chi connectivity index (χ3n) is 2.12.